The number of nitrogen functional groups attached to an aromatic ring is 2. The summed E-state index contributed by atoms with van der Waals surface area (Å²) in [6, 6.07) is 10.1. The molecule has 1 fully saturated rings. The van der Waals surface area contributed by atoms with E-state index in [4.69, 9.17) is 27.8 Å². The van der Waals surface area contributed by atoms with Crippen molar-refractivity contribution < 1.29 is 9.84 Å². The summed E-state index contributed by atoms with van der Waals surface area (Å²) in [5.74, 6) is 0.0120. The average molecular weight is 481 g/mol. The Kier molecular flexibility index (Phi) is 5.83. The van der Waals surface area contributed by atoms with E-state index < -0.39 is 5.79 Å². The summed E-state index contributed by atoms with van der Waals surface area (Å²) in [6.07, 6.45) is 7.01. The van der Waals surface area contributed by atoms with Crippen molar-refractivity contribution in [2.24, 2.45) is 5.92 Å². The largest absolute Gasteiger partial charge is 0.383 e. The maximum atomic E-state index is 10.4. The van der Waals surface area contributed by atoms with Crippen molar-refractivity contribution in [2.45, 2.75) is 57.5 Å². The van der Waals surface area contributed by atoms with Gasteiger partial charge < -0.3 is 25.9 Å². The van der Waals surface area contributed by atoms with Gasteiger partial charge >= 0.3 is 0 Å². The zero-order valence-corrected chi connectivity index (χ0v) is 20.0. The number of halogens is 1. The van der Waals surface area contributed by atoms with Crippen LogP contribution < -0.4 is 11.5 Å². The highest BCUT2D eigenvalue weighted by molar-refractivity contribution is 6.33. The van der Waals surface area contributed by atoms with E-state index in [0.29, 0.717) is 22.6 Å². The number of nitrogens with two attached hydrogens (primary N) is 2. The van der Waals surface area contributed by atoms with E-state index in [9.17, 15) is 5.11 Å². The monoisotopic (exact) mass is 480 g/mol. The fourth-order valence-electron chi connectivity index (χ4n) is 5.09. The Bertz CT molecular complexity index is 1350. The number of aromatic nitrogens is 4. The van der Waals surface area contributed by atoms with E-state index in [2.05, 4.69) is 31.7 Å². The molecule has 5 N–H and O–H groups in total. The predicted molar refractivity (Wildman–Crippen MR) is 134 cm³/mol. The topological polar surface area (TPSA) is 125 Å². The Morgan fingerprint density at radius 3 is 2.76 bits per heavy atom. The highest BCUT2D eigenvalue weighted by atomic mass is 35.5. The number of rotatable bonds is 6. The standard InChI is InChI=1S/C25H29ClN6O2/c1-25(2,33)34-21-11-15(10-20(21)32-8-7-17-22(27)29-13-30-24(17)32)4-3-14-5-6-16-12-18(26)23(28)31-19(16)9-14/h5-9,12-13,15,20-21,33H,3-4,10-11H2,1-2H3,(H2,28,31)(H2,27,29,30)/t15-,20+,21+/m0/s1. The summed E-state index contributed by atoms with van der Waals surface area (Å²) in [4.78, 5) is 13.0. The van der Waals surface area contributed by atoms with Gasteiger partial charge in [-0.1, -0.05) is 23.7 Å². The minimum atomic E-state index is -1.22. The van der Waals surface area contributed by atoms with Crippen LogP contribution in [0.25, 0.3) is 21.9 Å². The van der Waals surface area contributed by atoms with Crippen LogP contribution in [0.4, 0.5) is 11.6 Å². The van der Waals surface area contributed by atoms with Gasteiger partial charge in [-0.15, -0.1) is 0 Å². The first-order valence-electron chi connectivity index (χ1n) is 11.5. The van der Waals surface area contributed by atoms with E-state index in [-0.39, 0.29) is 12.1 Å². The quantitative estimate of drug-likeness (QED) is 0.347. The highest BCUT2D eigenvalue weighted by Gasteiger charge is 2.39. The van der Waals surface area contributed by atoms with Crippen LogP contribution in [0, 0.1) is 5.92 Å². The molecule has 3 heterocycles. The second-order valence-corrected chi connectivity index (χ2v) is 10.1. The molecule has 0 radical (unpaired) electrons. The molecule has 0 bridgehead atoms. The number of pyridine rings is 1. The first-order valence-corrected chi connectivity index (χ1v) is 11.9. The maximum Gasteiger partial charge on any atom is 0.160 e. The maximum absolute atomic E-state index is 10.4. The minimum absolute atomic E-state index is 0.0448. The summed E-state index contributed by atoms with van der Waals surface area (Å²) in [5.41, 5.74) is 14.8. The average Bonchev–Trinajstić information content (AvgIpc) is 3.36. The fraction of sp³-hybridized carbons (Fsp3) is 0.400. The number of anilines is 2. The van der Waals surface area contributed by atoms with Gasteiger partial charge in [-0.3, -0.25) is 0 Å². The predicted octanol–water partition coefficient (Wildman–Crippen LogP) is 4.49. The Hall–Kier alpha value is -2.94. The van der Waals surface area contributed by atoms with Crippen molar-refractivity contribution in [1.82, 2.24) is 19.5 Å². The highest BCUT2D eigenvalue weighted by Crippen LogP contribution is 2.42. The molecule has 1 aromatic carbocycles. The molecule has 178 valence electrons. The zero-order valence-electron chi connectivity index (χ0n) is 19.3. The SMILES string of the molecule is CC(C)(O)O[C@@H]1C[C@@H](CCc2ccc3cc(Cl)c(N)nc3c2)C[C@H]1n1ccc2c(N)ncnc21. The van der Waals surface area contributed by atoms with Gasteiger partial charge in [0.2, 0.25) is 0 Å². The molecule has 0 aliphatic heterocycles. The summed E-state index contributed by atoms with van der Waals surface area (Å²) in [7, 11) is 0. The van der Waals surface area contributed by atoms with Gasteiger partial charge in [-0.05, 0) is 69.2 Å². The van der Waals surface area contributed by atoms with E-state index in [1.165, 1.54) is 11.9 Å². The molecule has 3 atom stereocenters. The Balaban J connectivity index is 1.36. The van der Waals surface area contributed by atoms with E-state index >= 15 is 0 Å². The van der Waals surface area contributed by atoms with E-state index in [1.54, 1.807) is 13.8 Å². The Morgan fingerprint density at radius 2 is 1.97 bits per heavy atom. The summed E-state index contributed by atoms with van der Waals surface area (Å²) >= 11 is 6.10. The third-order valence-corrected chi connectivity index (χ3v) is 6.91. The van der Waals surface area contributed by atoms with Crippen molar-refractivity contribution >= 4 is 45.2 Å². The first-order chi connectivity index (χ1) is 16.2. The van der Waals surface area contributed by atoms with Crippen molar-refractivity contribution in [3.63, 3.8) is 0 Å². The van der Waals surface area contributed by atoms with Gasteiger partial charge in [-0.25, -0.2) is 15.0 Å². The second-order valence-electron chi connectivity index (χ2n) is 9.65. The van der Waals surface area contributed by atoms with Crippen LogP contribution in [0.5, 0.6) is 0 Å². The van der Waals surface area contributed by atoms with Crippen LogP contribution in [0.1, 0.15) is 44.7 Å². The first kappa shape index (κ1) is 22.8. The molecular formula is C25H29ClN6O2. The van der Waals surface area contributed by atoms with Crippen LogP contribution in [-0.2, 0) is 11.2 Å². The molecule has 0 unspecified atom stereocenters. The normalized spacial score (nSPS) is 21.0. The van der Waals surface area contributed by atoms with Crippen LogP contribution in [-0.4, -0.2) is 36.5 Å². The lowest BCUT2D eigenvalue weighted by Crippen LogP contribution is -2.33. The van der Waals surface area contributed by atoms with Crippen molar-refractivity contribution in [3.8, 4) is 0 Å². The van der Waals surface area contributed by atoms with Crippen molar-refractivity contribution in [1.29, 1.82) is 0 Å². The summed E-state index contributed by atoms with van der Waals surface area (Å²) in [5, 5.41) is 12.7. The molecule has 1 aliphatic rings. The Morgan fingerprint density at radius 1 is 1.15 bits per heavy atom. The van der Waals surface area contributed by atoms with Gasteiger partial charge in [0.1, 0.15) is 23.6 Å². The molecule has 34 heavy (non-hydrogen) atoms. The lowest BCUT2D eigenvalue weighted by molar-refractivity contribution is -0.210. The van der Waals surface area contributed by atoms with Gasteiger partial charge in [-0.2, -0.15) is 0 Å². The zero-order chi connectivity index (χ0) is 24.0. The van der Waals surface area contributed by atoms with E-state index in [1.807, 2.05) is 24.4 Å². The minimum Gasteiger partial charge on any atom is -0.383 e. The van der Waals surface area contributed by atoms with Crippen LogP contribution >= 0.6 is 11.6 Å². The molecule has 4 aromatic rings. The molecular weight excluding hydrogens is 452 g/mol. The van der Waals surface area contributed by atoms with Gasteiger partial charge in [0, 0.05) is 11.6 Å². The van der Waals surface area contributed by atoms with Gasteiger partial charge in [0.25, 0.3) is 0 Å². The van der Waals surface area contributed by atoms with Crippen LogP contribution in [0.2, 0.25) is 5.02 Å². The molecule has 0 amide bonds. The smallest absolute Gasteiger partial charge is 0.160 e. The van der Waals surface area contributed by atoms with Crippen LogP contribution in [0.15, 0.2) is 42.9 Å². The Labute approximate surface area is 202 Å². The van der Waals surface area contributed by atoms with E-state index in [0.717, 1.165) is 47.6 Å². The van der Waals surface area contributed by atoms with Crippen molar-refractivity contribution in [3.05, 3.63) is 53.4 Å². The van der Waals surface area contributed by atoms with Gasteiger partial charge in [0.05, 0.1) is 28.1 Å². The molecule has 0 spiro atoms. The summed E-state index contributed by atoms with van der Waals surface area (Å²) in [6.45, 7) is 3.34. The number of nitrogens with zero attached hydrogens (tertiary/aromatic N) is 4. The lowest BCUT2D eigenvalue weighted by atomic mass is 9.97. The molecule has 1 aliphatic carbocycles. The van der Waals surface area contributed by atoms with Crippen LogP contribution in [0.3, 0.4) is 0 Å². The molecule has 9 heteroatoms. The number of fused-ring (bicyclic) bond motifs is 2. The molecule has 8 nitrogen and oxygen atoms in total. The third-order valence-electron chi connectivity index (χ3n) is 6.61. The van der Waals surface area contributed by atoms with Gasteiger partial charge in [0.15, 0.2) is 5.79 Å². The van der Waals surface area contributed by atoms with Crippen molar-refractivity contribution in [2.75, 3.05) is 11.5 Å². The molecule has 0 saturated heterocycles. The lowest BCUT2D eigenvalue weighted by Gasteiger charge is -2.28. The number of benzene rings is 1. The number of aliphatic hydroxyl groups is 1. The number of hydrogen-bond donors (Lipinski definition) is 3. The summed E-state index contributed by atoms with van der Waals surface area (Å²) < 4.78 is 8.22. The fourth-order valence-corrected chi connectivity index (χ4v) is 5.25. The number of hydrogen-bond acceptors (Lipinski definition) is 7. The number of aryl methyl sites for hydroxylation is 1. The molecule has 5 rings (SSSR count). The second kappa shape index (κ2) is 8.69. The molecule has 1 saturated carbocycles. The third kappa shape index (κ3) is 4.53. The molecule has 3 aromatic heterocycles. The number of ether oxygens (including phenoxy) is 1.